The molecule has 4 rings (SSSR count). The normalized spacial score (nSPS) is 10.8. The molecule has 0 fully saturated rings. The minimum absolute atomic E-state index is 0.0580. The molecule has 4 N–H and O–H groups in total. The third-order valence-corrected chi connectivity index (χ3v) is 4.80. The van der Waals surface area contributed by atoms with Crippen LogP contribution in [0.15, 0.2) is 73.1 Å². The van der Waals surface area contributed by atoms with Crippen molar-refractivity contribution in [3.8, 4) is 22.4 Å². The van der Waals surface area contributed by atoms with Gasteiger partial charge in [-0.05, 0) is 41.5 Å². The number of nitrogen functional groups attached to an aromatic ring is 1. The molecule has 6 heteroatoms. The standard InChI is InChI=1S/C22H18ClN5/c23-18-6-4-16(5-7-18)21-20(15-8-10-26-11-9-15)19(27-28-21)13-14-2-1-3-17(12-14)22(24)25/h1-12H,13H2,(H3,24,25)(H,27,28). The van der Waals surface area contributed by atoms with Gasteiger partial charge in [0.1, 0.15) is 11.5 Å². The topological polar surface area (TPSA) is 91.4 Å². The maximum atomic E-state index is 7.66. The van der Waals surface area contributed by atoms with Crippen LogP contribution in [-0.4, -0.2) is 21.0 Å². The van der Waals surface area contributed by atoms with Crippen LogP contribution < -0.4 is 5.73 Å². The minimum Gasteiger partial charge on any atom is -0.384 e. The predicted octanol–water partition coefficient (Wildman–Crippen LogP) is 4.67. The minimum atomic E-state index is 0.0580. The van der Waals surface area contributed by atoms with Crippen LogP contribution in [0.2, 0.25) is 5.02 Å². The van der Waals surface area contributed by atoms with Crippen molar-refractivity contribution < 1.29 is 0 Å². The highest BCUT2D eigenvalue weighted by molar-refractivity contribution is 6.30. The monoisotopic (exact) mass is 387 g/mol. The lowest BCUT2D eigenvalue weighted by atomic mass is 9.96. The number of hydrogen-bond acceptors (Lipinski definition) is 3. The molecule has 0 aliphatic rings. The molecule has 0 bridgehead atoms. The van der Waals surface area contributed by atoms with E-state index in [0.717, 1.165) is 33.6 Å². The maximum absolute atomic E-state index is 7.66. The van der Waals surface area contributed by atoms with Gasteiger partial charge in [-0.2, -0.15) is 5.10 Å². The van der Waals surface area contributed by atoms with Gasteiger partial charge in [0.05, 0.1) is 0 Å². The van der Waals surface area contributed by atoms with E-state index < -0.39 is 0 Å². The fourth-order valence-electron chi connectivity index (χ4n) is 3.21. The number of hydrogen-bond donors (Lipinski definition) is 3. The van der Waals surface area contributed by atoms with Gasteiger partial charge in [-0.3, -0.25) is 15.5 Å². The summed E-state index contributed by atoms with van der Waals surface area (Å²) in [6.07, 6.45) is 4.18. The Labute approximate surface area is 167 Å². The van der Waals surface area contributed by atoms with Crippen LogP contribution >= 0.6 is 11.6 Å². The third-order valence-electron chi connectivity index (χ3n) is 4.55. The van der Waals surface area contributed by atoms with Gasteiger partial charge < -0.3 is 5.73 Å². The molecule has 0 saturated carbocycles. The van der Waals surface area contributed by atoms with Crippen LogP contribution in [0, 0.1) is 5.41 Å². The lowest BCUT2D eigenvalue weighted by molar-refractivity contribution is 0.999. The van der Waals surface area contributed by atoms with Crippen LogP contribution in [0.4, 0.5) is 0 Å². The van der Waals surface area contributed by atoms with E-state index in [4.69, 9.17) is 22.7 Å². The van der Waals surface area contributed by atoms with Crippen molar-refractivity contribution in [3.05, 3.63) is 94.9 Å². The second-order valence-corrected chi connectivity index (χ2v) is 6.90. The molecule has 28 heavy (non-hydrogen) atoms. The van der Waals surface area contributed by atoms with E-state index in [1.165, 1.54) is 0 Å². The first-order chi connectivity index (χ1) is 13.6. The number of rotatable bonds is 5. The van der Waals surface area contributed by atoms with Crippen LogP contribution in [0.25, 0.3) is 22.4 Å². The Morgan fingerprint density at radius 1 is 1.00 bits per heavy atom. The maximum Gasteiger partial charge on any atom is 0.122 e. The molecule has 0 aliphatic heterocycles. The van der Waals surface area contributed by atoms with Gasteiger partial charge in [-0.15, -0.1) is 0 Å². The average molecular weight is 388 g/mol. The van der Waals surface area contributed by atoms with Gasteiger partial charge in [0.25, 0.3) is 0 Å². The number of benzene rings is 2. The molecule has 2 aromatic carbocycles. The van der Waals surface area contributed by atoms with Gasteiger partial charge in [0.2, 0.25) is 0 Å². The first-order valence-corrected chi connectivity index (χ1v) is 9.16. The molecule has 4 aromatic rings. The van der Waals surface area contributed by atoms with Crippen molar-refractivity contribution in [1.29, 1.82) is 5.41 Å². The van der Waals surface area contributed by atoms with Crippen molar-refractivity contribution in [2.75, 3.05) is 0 Å². The van der Waals surface area contributed by atoms with Gasteiger partial charge >= 0.3 is 0 Å². The van der Waals surface area contributed by atoms with Crippen LogP contribution in [0.1, 0.15) is 16.8 Å². The lowest BCUT2D eigenvalue weighted by Crippen LogP contribution is -2.11. The van der Waals surface area contributed by atoms with Crippen LogP contribution in [0.5, 0.6) is 0 Å². The highest BCUT2D eigenvalue weighted by Gasteiger charge is 2.17. The third kappa shape index (κ3) is 3.66. The number of pyridine rings is 1. The van der Waals surface area contributed by atoms with E-state index >= 15 is 0 Å². The van der Waals surface area contributed by atoms with Gasteiger partial charge in [-0.1, -0.05) is 41.9 Å². The van der Waals surface area contributed by atoms with E-state index in [2.05, 4.69) is 15.2 Å². The fraction of sp³-hybridized carbons (Fsp3) is 0.0455. The second-order valence-electron chi connectivity index (χ2n) is 6.46. The van der Waals surface area contributed by atoms with Crippen LogP contribution in [-0.2, 0) is 6.42 Å². The highest BCUT2D eigenvalue weighted by Crippen LogP contribution is 2.34. The molecular weight excluding hydrogens is 370 g/mol. The molecule has 0 radical (unpaired) electrons. The zero-order chi connectivity index (χ0) is 19.5. The zero-order valence-corrected chi connectivity index (χ0v) is 15.7. The Morgan fingerprint density at radius 3 is 2.46 bits per heavy atom. The largest absolute Gasteiger partial charge is 0.384 e. The Morgan fingerprint density at radius 2 is 1.75 bits per heavy atom. The number of aromatic amines is 1. The quantitative estimate of drug-likeness (QED) is 0.343. The number of halogens is 1. The molecule has 2 heterocycles. The molecule has 0 amide bonds. The molecule has 138 valence electrons. The number of H-pyrrole nitrogens is 1. The smallest absolute Gasteiger partial charge is 0.122 e. The van der Waals surface area contributed by atoms with Gasteiger partial charge in [0.15, 0.2) is 0 Å². The van der Waals surface area contributed by atoms with Crippen molar-refractivity contribution in [2.24, 2.45) is 5.73 Å². The molecule has 0 atom stereocenters. The predicted molar refractivity (Wildman–Crippen MR) is 113 cm³/mol. The Bertz CT molecular complexity index is 1120. The van der Waals surface area contributed by atoms with Crippen molar-refractivity contribution in [3.63, 3.8) is 0 Å². The molecule has 2 aromatic heterocycles. The van der Waals surface area contributed by atoms with Crippen molar-refractivity contribution in [1.82, 2.24) is 15.2 Å². The van der Waals surface area contributed by atoms with E-state index in [9.17, 15) is 0 Å². The van der Waals surface area contributed by atoms with E-state index in [1.54, 1.807) is 12.4 Å². The summed E-state index contributed by atoms with van der Waals surface area (Å²) in [5.41, 5.74) is 12.3. The molecule has 5 nitrogen and oxygen atoms in total. The summed E-state index contributed by atoms with van der Waals surface area (Å²) >= 11 is 6.04. The zero-order valence-electron chi connectivity index (χ0n) is 15.0. The highest BCUT2D eigenvalue weighted by atomic mass is 35.5. The summed E-state index contributed by atoms with van der Waals surface area (Å²) in [6, 6.07) is 19.3. The summed E-state index contributed by atoms with van der Waals surface area (Å²) < 4.78 is 0. The number of nitrogens with one attached hydrogen (secondary N) is 2. The number of aromatic nitrogens is 3. The molecule has 0 aliphatic carbocycles. The lowest BCUT2D eigenvalue weighted by Gasteiger charge is -2.08. The summed E-state index contributed by atoms with van der Waals surface area (Å²) in [5, 5.41) is 16.1. The second kappa shape index (κ2) is 7.66. The van der Waals surface area contributed by atoms with E-state index in [-0.39, 0.29) is 5.84 Å². The Balaban J connectivity index is 1.81. The summed E-state index contributed by atoms with van der Waals surface area (Å²) in [5.74, 6) is 0.0580. The number of nitrogens with two attached hydrogens (primary N) is 1. The number of nitrogens with zero attached hydrogens (tertiary/aromatic N) is 2. The average Bonchev–Trinajstić information content (AvgIpc) is 3.13. The number of amidine groups is 1. The summed E-state index contributed by atoms with van der Waals surface area (Å²) in [4.78, 5) is 4.13. The summed E-state index contributed by atoms with van der Waals surface area (Å²) in [7, 11) is 0. The molecule has 0 spiro atoms. The Kier molecular flexibility index (Phi) is 4.91. The van der Waals surface area contributed by atoms with Crippen molar-refractivity contribution in [2.45, 2.75) is 6.42 Å². The Hall–Kier alpha value is -3.44. The van der Waals surface area contributed by atoms with Crippen LogP contribution in [0.3, 0.4) is 0 Å². The van der Waals surface area contributed by atoms with Gasteiger partial charge in [-0.25, -0.2) is 0 Å². The first kappa shape index (κ1) is 17.9. The fourth-order valence-corrected chi connectivity index (χ4v) is 3.33. The molecule has 0 saturated heterocycles. The first-order valence-electron chi connectivity index (χ1n) is 8.79. The summed E-state index contributed by atoms with van der Waals surface area (Å²) in [6.45, 7) is 0. The van der Waals surface area contributed by atoms with Crippen molar-refractivity contribution >= 4 is 17.4 Å². The molecular formula is C22H18ClN5. The SMILES string of the molecule is N=C(N)c1cccc(Cc2[nH]nc(-c3ccc(Cl)cc3)c2-c2ccncc2)c1. The van der Waals surface area contributed by atoms with Gasteiger partial charge in [0, 0.05) is 46.2 Å². The molecule has 0 unspecified atom stereocenters. The van der Waals surface area contributed by atoms with E-state index in [0.29, 0.717) is 17.0 Å². The van der Waals surface area contributed by atoms with E-state index in [1.807, 2.05) is 60.7 Å².